The molecule has 4 atom stereocenters. The fourth-order valence-electron chi connectivity index (χ4n) is 2.53. The van der Waals surface area contributed by atoms with Crippen molar-refractivity contribution in [1.29, 1.82) is 0 Å². The number of piperazine rings is 1. The minimum atomic E-state index is -0.706. The molecule has 0 spiro atoms. The fourth-order valence-corrected chi connectivity index (χ4v) is 2.93. The lowest BCUT2D eigenvalue weighted by Gasteiger charge is -2.41. The van der Waals surface area contributed by atoms with Crippen molar-refractivity contribution in [1.82, 2.24) is 10.2 Å². The number of nitrogens with zero attached hydrogens (tertiary/aromatic N) is 1. The Kier molecular flexibility index (Phi) is 6.67. The van der Waals surface area contributed by atoms with Crippen LogP contribution in [0.2, 0.25) is 0 Å². The summed E-state index contributed by atoms with van der Waals surface area (Å²) in [6.45, 7) is 9.76. The Bertz CT molecular complexity index is 248. The van der Waals surface area contributed by atoms with Crippen LogP contribution in [0.5, 0.6) is 0 Å². The first kappa shape index (κ1) is 15.1. The van der Waals surface area contributed by atoms with Crippen LogP contribution in [0.3, 0.4) is 0 Å². The van der Waals surface area contributed by atoms with Gasteiger partial charge < -0.3 is 5.32 Å². The van der Waals surface area contributed by atoms with Crippen LogP contribution in [0.25, 0.3) is 0 Å². The Morgan fingerprint density at radius 3 is 2.71 bits per heavy atom. The maximum atomic E-state index is 11.5. The van der Waals surface area contributed by atoms with E-state index in [4.69, 9.17) is 0 Å². The summed E-state index contributed by atoms with van der Waals surface area (Å²) in [5.74, 6) is 0. The third-order valence-corrected chi connectivity index (χ3v) is 5.06. The average molecular weight is 260 g/mol. The molecule has 102 valence electrons. The number of hydrogen-bond donors (Lipinski definition) is 1. The smallest absolute Gasteiger partial charge is 0.0444 e. The minimum absolute atomic E-state index is 0.282. The highest BCUT2D eigenvalue weighted by Crippen LogP contribution is 2.14. The molecule has 0 amide bonds. The highest BCUT2D eigenvalue weighted by atomic mass is 32.2. The first-order valence-electron chi connectivity index (χ1n) is 6.88. The van der Waals surface area contributed by atoms with Crippen molar-refractivity contribution in [3.8, 4) is 0 Å². The third kappa shape index (κ3) is 4.68. The van der Waals surface area contributed by atoms with Gasteiger partial charge in [-0.2, -0.15) is 0 Å². The number of nitrogens with one attached hydrogen (secondary N) is 1. The second kappa shape index (κ2) is 7.49. The van der Waals surface area contributed by atoms with Crippen molar-refractivity contribution in [3.63, 3.8) is 0 Å². The minimum Gasteiger partial charge on any atom is -0.311 e. The molecule has 0 bridgehead atoms. The Morgan fingerprint density at radius 2 is 2.18 bits per heavy atom. The summed E-state index contributed by atoms with van der Waals surface area (Å²) < 4.78 is 11.5. The Hall–Kier alpha value is 0.0700. The second-order valence-electron chi connectivity index (χ2n) is 5.22. The maximum Gasteiger partial charge on any atom is 0.0444 e. The molecular weight excluding hydrogens is 232 g/mol. The van der Waals surface area contributed by atoms with Crippen molar-refractivity contribution in [2.45, 2.75) is 57.4 Å². The van der Waals surface area contributed by atoms with E-state index in [1.54, 1.807) is 0 Å². The van der Waals surface area contributed by atoms with Crippen LogP contribution < -0.4 is 5.32 Å². The Labute approximate surface area is 109 Å². The van der Waals surface area contributed by atoms with E-state index in [2.05, 4.69) is 31.0 Å². The van der Waals surface area contributed by atoms with E-state index in [1.165, 1.54) is 19.3 Å². The van der Waals surface area contributed by atoms with E-state index >= 15 is 0 Å². The summed E-state index contributed by atoms with van der Waals surface area (Å²) in [5.41, 5.74) is 0. The van der Waals surface area contributed by atoms with Gasteiger partial charge in [0.1, 0.15) is 0 Å². The monoisotopic (exact) mass is 260 g/mol. The lowest BCUT2D eigenvalue weighted by Crippen LogP contribution is -2.57. The number of hydrogen-bond acceptors (Lipinski definition) is 3. The second-order valence-corrected chi connectivity index (χ2v) is 7.02. The molecule has 0 radical (unpaired) electrons. The summed E-state index contributed by atoms with van der Waals surface area (Å²) in [6, 6.07) is 1.24. The van der Waals surface area contributed by atoms with E-state index in [9.17, 15) is 4.21 Å². The molecule has 1 aliphatic heterocycles. The fraction of sp³-hybridized carbons (Fsp3) is 1.00. The van der Waals surface area contributed by atoms with E-state index in [0.717, 1.165) is 19.6 Å². The third-order valence-electron chi connectivity index (χ3n) is 3.78. The molecular formula is C13H28N2OS. The SMILES string of the molecule is CCCC1CN(CC(C)S(C)=O)C(CC)CN1. The van der Waals surface area contributed by atoms with Gasteiger partial charge >= 0.3 is 0 Å². The first-order valence-corrected chi connectivity index (χ1v) is 8.50. The summed E-state index contributed by atoms with van der Waals surface area (Å²) in [6.07, 6.45) is 5.47. The van der Waals surface area contributed by atoms with E-state index in [-0.39, 0.29) is 5.25 Å². The standard InChI is InChI=1S/C13H28N2OS/c1-5-7-12-10-15(9-11(3)17(4)16)13(6-2)8-14-12/h11-14H,5-10H2,1-4H3. The molecule has 1 aliphatic rings. The highest BCUT2D eigenvalue weighted by Gasteiger charge is 2.27. The Balaban J connectivity index is 2.53. The van der Waals surface area contributed by atoms with Crippen molar-refractivity contribution >= 4 is 10.8 Å². The van der Waals surface area contributed by atoms with Gasteiger partial charge in [-0.05, 0) is 19.8 Å². The van der Waals surface area contributed by atoms with Gasteiger partial charge in [0, 0.05) is 54.0 Å². The summed E-state index contributed by atoms with van der Waals surface area (Å²) in [7, 11) is -0.706. The van der Waals surface area contributed by atoms with Crippen LogP contribution in [0.4, 0.5) is 0 Å². The predicted octanol–water partition coefficient (Wildman–Crippen LogP) is 1.61. The van der Waals surface area contributed by atoms with Crippen LogP contribution in [-0.4, -0.2) is 52.3 Å². The Morgan fingerprint density at radius 1 is 1.47 bits per heavy atom. The van der Waals surface area contributed by atoms with E-state index in [1.807, 2.05) is 6.26 Å². The van der Waals surface area contributed by atoms with Gasteiger partial charge in [0.05, 0.1) is 0 Å². The van der Waals surface area contributed by atoms with Crippen molar-refractivity contribution in [2.24, 2.45) is 0 Å². The highest BCUT2D eigenvalue weighted by molar-refractivity contribution is 7.84. The largest absolute Gasteiger partial charge is 0.311 e. The molecule has 1 fully saturated rings. The molecule has 0 aromatic rings. The van der Waals surface area contributed by atoms with Crippen LogP contribution in [0, 0.1) is 0 Å². The zero-order valence-corrected chi connectivity index (χ0v) is 12.6. The molecule has 1 N–H and O–H groups in total. The van der Waals surface area contributed by atoms with Crippen LogP contribution >= 0.6 is 0 Å². The van der Waals surface area contributed by atoms with Crippen molar-refractivity contribution in [2.75, 3.05) is 25.9 Å². The van der Waals surface area contributed by atoms with E-state index < -0.39 is 10.8 Å². The summed E-state index contributed by atoms with van der Waals surface area (Å²) >= 11 is 0. The zero-order chi connectivity index (χ0) is 12.8. The van der Waals surface area contributed by atoms with Crippen LogP contribution in [0.1, 0.15) is 40.0 Å². The topological polar surface area (TPSA) is 32.3 Å². The molecule has 1 heterocycles. The lowest BCUT2D eigenvalue weighted by atomic mass is 10.0. The molecule has 4 unspecified atom stereocenters. The molecule has 0 aliphatic carbocycles. The molecule has 4 heteroatoms. The summed E-state index contributed by atoms with van der Waals surface area (Å²) in [4.78, 5) is 2.54. The predicted molar refractivity (Wildman–Crippen MR) is 75.9 cm³/mol. The molecule has 1 rings (SSSR count). The van der Waals surface area contributed by atoms with Crippen molar-refractivity contribution < 1.29 is 4.21 Å². The van der Waals surface area contributed by atoms with Gasteiger partial charge in [0.15, 0.2) is 0 Å². The van der Waals surface area contributed by atoms with Gasteiger partial charge in [-0.1, -0.05) is 20.3 Å². The van der Waals surface area contributed by atoms with Gasteiger partial charge in [0.2, 0.25) is 0 Å². The quantitative estimate of drug-likeness (QED) is 0.787. The van der Waals surface area contributed by atoms with Gasteiger partial charge in [0.25, 0.3) is 0 Å². The number of rotatable bonds is 6. The molecule has 1 saturated heterocycles. The first-order chi connectivity index (χ1) is 8.08. The molecule has 17 heavy (non-hydrogen) atoms. The molecule has 3 nitrogen and oxygen atoms in total. The van der Waals surface area contributed by atoms with E-state index in [0.29, 0.717) is 12.1 Å². The molecule has 0 saturated carbocycles. The average Bonchev–Trinajstić information content (AvgIpc) is 2.29. The van der Waals surface area contributed by atoms with Gasteiger partial charge in [-0.25, -0.2) is 0 Å². The van der Waals surface area contributed by atoms with Crippen molar-refractivity contribution in [3.05, 3.63) is 0 Å². The normalized spacial score (nSPS) is 30.1. The van der Waals surface area contributed by atoms with Gasteiger partial charge in [-0.3, -0.25) is 9.11 Å². The molecule has 0 aromatic heterocycles. The van der Waals surface area contributed by atoms with Crippen LogP contribution in [0.15, 0.2) is 0 Å². The van der Waals surface area contributed by atoms with Gasteiger partial charge in [-0.15, -0.1) is 0 Å². The lowest BCUT2D eigenvalue weighted by molar-refractivity contribution is 0.124. The summed E-state index contributed by atoms with van der Waals surface area (Å²) in [5, 5.41) is 3.92. The zero-order valence-electron chi connectivity index (χ0n) is 11.7. The van der Waals surface area contributed by atoms with Crippen LogP contribution in [-0.2, 0) is 10.8 Å². The molecule has 0 aromatic carbocycles. The maximum absolute atomic E-state index is 11.5.